The molecule has 3 aromatic carbocycles. The van der Waals surface area contributed by atoms with Gasteiger partial charge in [-0.25, -0.2) is 13.2 Å². The third kappa shape index (κ3) is 5.59. The van der Waals surface area contributed by atoms with E-state index in [2.05, 4.69) is 10.2 Å². The zero-order valence-corrected chi connectivity index (χ0v) is 23.3. The van der Waals surface area contributed by atoms with Crippen LogP contribution in [0.3, 0.4) is 0 Å². The molecule has 0 radical (unpaired) electrons. The minimum Gasteiger partial charge on any atom is -0.486 e. The number of carbonyl (C=O) groups is 1. The van der Waals surface area contributed by atoms with Gasteiger partial charge in [0.2, 0.25) is 9.84 Å². The van der Waals surface area contributed by atoms with E-state index in [4.69, 9.17) is 21.1 Å². The number of nitrogens with zero attached hydrogens (tertiary/aromatic N) is 1. The SMILES string of the molecule is CC1=C(C(=O)OCCN(C)Cc2ccccc2)C(c2cccc(Cl)c2)C2=C(COc3ccccc3S2(=O)=O)N1. The molecule has 1 unspecified atom stereocenters. The van der Waals surface area contributed by atoms with E-state index in [1.165, 1.54) is 6.07 Å². The Kier molecular flexibility index (Phi) is 7.79. The van der Waals surface area contributed by atoms with Crippen LogP contribution < -0.4 is 10.1 Å². The molecule has 1 atom stereocenters. The van der Waals surface area contributed by atoms with Crippen molar-refractivity contribution in [2.24, 2.45) is 0 Å². The lowest BCUT2D eigenvalue weighted by Crippen LogP contribution is -2.34. The van der Waals surface area contributed by atoms with Crippen molar-refractivity contribution in [3.05, 3.63) is 117 Å². The molecule has 0 bridgehead atoms. The number of rotatable bonds is 7. The third-order valence-electron chi connectivity index (χ3n) is 6.79. The van der Waals surface area contributed by atoms with Gasteiger partial charge < -0.3 is 14.8 Å². The Hall–Kier alpha value is -3.59. The third-order valence-corrected chi connectivity index (χ3v) is 9.01. The number of para-hydroxylation sites is 1. The minimum absolute atomic E-state index is 0.00654. The molecule has 5 rings (SSSR count). The molecule has 2 aliphatic heterocycles. The van der Waals surface area contributed by atoms with Crippen LogP contribution in [0.25, 0.3) is 0 Å². The standard InChI is InChI=1S/C30H29ClN2O5S/c1-20-27(30(34)37-16-15-33(2)18-21-9-4-3-5-10-21)28(22-11-8-12-23(31)17-22)29-24(32-20)19-38-25-13-6-7-14-26(25)39(29,35)36/h3-14,17,28,32H,15-16,18-19H2,1-2H3. The summed E-state index contributed by atoms with van der Waals surface area (Å²) in [5.41, 5.74) is 2.85. The molecule has 0 spiro atoms. The highest BCUT2D eigenvalue weighted by Gasteiger charge is 2.43. The topological polar surface area (TPSA) is 84.9 Å². The zero-order valence-electron chi connectivity index (χ0n) is 21.7. The van der Waals surface area contributed by atoms with E-state index in [-0.39, 0.29) is 34.3 Å². The molecule has 0 aromatic heterocycles. The van der Waals surface area contributed by atoms with E-state index in [1.807, 2.05) is 37.4 Å². The molecule has 3 aromatic rings. The number of fused-ring (bicyclic) bond motifs is 1. The summed E-state index contributed by atoms with van der Waals surface area (Å²) in [5, 5.41) is 3.57. The first-order valence-electron chi connectivity index (χ1n) is 12.6. The molecule has 0 saturated carbocycles. The molecule has 39 heavy (non-hydrogen) atoms. The lowest BCUT2D eigenvalue weighted by Gasteiger charge is -2.31. The van der Waals surface area contributed by atoms with Gasteiger partial charge in [0.15, 0.2) is 0 Å². The predicted molar refractivity (Wildman–Crippen MR) is 150 cm³/mol. The van der Waals surface area contributed by atoms with Gasteiger partial charge in [-0.2, -0.15) is 0 Å². The summed E-state index contributed by atoms with van der Waals surface area (Å²) in [4.78, 5) is 15.8. The number of nitrogens with one attached hydrogen (secondary N) is 1. The van der Waals surface area contributed by atoms with E-state index in [0.717, 1.165) is 5.56 Å². The Morgan fingerprint density at radius 2 is 1.82 bits per heavy atom. The fourth-order valence-corrected chi connectivity index (χ4v) is 7.07. The second-order valence-corrected chi connectivity index (χ2v) is 11.9. The van der Waals surface area contributed by atoms with Crippen LogP contribution in [0.5, 0.6) is 5.75 Å². The van der Waals surface area contributed by atoms with Crippen molar-refractivity contribution in [2.75, 3.05) is 26.8 Å². The quantitative estimate of drug-likeness (QED) is 0.402. The summed E-state index contributed by atoms with van der Waals surface area (Å²) in [7, 11) is -2.10. The molecule has 0 fully saturated rings. The molecule has 0 amide bonds. The average molecular weight is 565 g/mol. The van der Waals surface area contributed by atoms with Crippen LogP contribution in [-0.2, 0) is 25.9 Å². The summed E-state index contributed by atoms with van der Waals surface area (Å²) in [5.74, 6) is -1.24. The highest BCUT2D eigenvalue weighted by molar-refractivity contribution is 7.95. The van der Waals surface area contributed by atoms with Crippen molar-refractivity contribution in [1.29, 1.82) is 0 Å². The number of hydrogen-bond donors (Lipinski definition) is 1. The number of halogens is 1. The van der Waals surface area contributed by atoms with Crippen molar-refractivity contribution < 1.29 is 22.7 Å². The van der Waals surface area contributed by atoms with E-state index >= 15 is 0 Å². The van der Waals surface area contributed by atoms with Gasteiger partial charge in [0, 0.05) is 23.8 Å². The molecule has 9 heteroatoms. The number of ether oxygens (including phenoxy) is 2. The fraction of sp³-hybridized carbons (Fsp3) is 0.233. The maximum Gasteiger partial charge on any atom is 0.336 e. The van der Waals surface area contributed by atoms with Crippen molar-refractivity contribution >= 4 is 27.4 Å². The molecule has 7 nitrogen and oxygen atoms in total. The van der Waals surface area contributed by atoms with Crippen LogP contribution in [0.4, 0.5) is 0 Å². The number of esters is 1. The first-order chi connectivity index (χ1) is 18.8. The largest absolute Gasteiger partial charge is 0.486 e. The highest BCUT2D eigenvalue weighted by atomic mass is 35.5. The Balaban J connectivity index is 1.46. The molecular weight excluding hydrogens is 536 g/mol. The smallest absolute Gasteiger partial charge is 0.336 e. The van der Waals surface area contributed by atoms with Crippen molar-refractivity contribution in [3.63, 3.8) is 0 Å². The van der Waals surface area contributed by atoms with Gasteiger partial charge in [-0.3, -0.25) is 4.90 Å². The highest BCUT2D eigenvalue weighted by Crippen LogP contribution is 2.46. The normalized spacial score (nSPS) is 18.0. The average Bonchev–Trinajstić information content (AvgIpc) is 3.02. The van der Waals surface area contributed by atoms with Crippen LogP contribution in [0, 0.1) is 0 Å². The van der Waals surface area contributed by atoms with Gasteiger partial charge >= 0.3 is 5.97 Å². The van der Waals surface area contributed by atoms with Gasteiger partial charge in [0.05, 0.1) is 22.1 Å². The Morgan fingerprint density at radius 1 is 1.08 bits per heavy atom. The first-order valence-corrected chi connectivity index (χ1v) is 14.4. The number of benzene rings is 3. The Bertz CT molecular complexity index is 1570. The number of sulfone groups is 1. The van der Waals surface area contributed by atoms with Crippen LogP contribution >= 0.6 is 11.6 Å². The van der Waals surface area contributed by atoms with E-state index in [9.17, 15) is 13.2 Å². The number of hydrogen-bond acceptors (Lipinski definition) is 7. The zero-order chi connectivity index (χ0) is 27.6. The lowest BCUT2D eigenvalue weighted by atomic mass is 9.86. The number of likely N-dealkylation sites (N-methyl/N-ethyl adjacent to an activating group) is 1. The summed E-state index contributed by atoms with van der Waals surface area (Å²) in [6, 6.07) is 23.4. The maximum atomic E-state index is 14.1. The molecule has 2 aliphatic rings. The lowest BCUT2D eigenvalue weighted by molar-refractivity contribution is -0.139. The fourth-order valence-electron chi connectivity index (χ4n) is 4.98. The summed E-state index contributed by atoms with van der Waals surface area (Å²) < 4.78 is 39.8. The van der Waals surface area contributed by atoms with Crippen molar-refractivity contribution in [3.8, 4) is 5.75 Å². The van der Waals surface area contributed by atoms with Crippen molar-refractivity contribution in [2.45, 2.75) is 24.3 Å². The maximum absolute atomic E-state index is 14.1. The van der Waals surface area contributed by atoms with E-state index in [1.54, 1.807) is 49.4 Å². The van der Waals surface area contributed by atoms with Crippen LogP contribution in [0.2, 0.25) is 5.02 Å². The molecule has 0 saturated heterocycles. The minimum atomic E-state index is -4.05. The molecule has 202 valence electrons. The number of carbonyl (C=O) groups excluding carboxylic acids is 1. The van der Waals surface area contributed by atoms with Gasteiger partial charge in [-0.1, -0.05) is 66.2 Å². The molecular formula is C30H29ClN2O5S. The van der Waals surface area contributed by atoms with Crippen LogP contribution in [0.15, 0.2) is 106 Å². The van der Waals surface area contributed by atoms with Gasteiger partial charge in [-0.15, -0.1) is 0 Å². The monoisotopic (exact) mass is 564 g/mol. The van der Waals surface area contributed by atoms with Crippen molar-refractivity contribution in [1.82, 2.24) is 10.2 Å². The second kappa shape index (κ2) is 11.3. The molecule has 0 aliphatic carbocycles. The molecule has 1 N–H and O–H groups in total. The van der Waals surface area contributed by atoms with E-state index in [0.29, 0.717) is 35.1 Å². The van der Waals surface area contributed by atoms with Crippen LogP contribution in [0.1, 0.15) is 24.0 Å². The predicted octanol–water partition coefficient (Wildman–Crippen LogP) is 5.05. The Morgan fingerprint density at radius 3 is 2.59 bits per heavy atom. The second-order valence-electron chi connectivity index (χ2n) is 9.59. The van der Waals surface area contributed by atoms with Gasteiger partial charge in [0.1, 0.15) is 23.9 Å². The van der Waals surface area contributed by atoms with Gasteiger partial charge in [-0.05, 0) is 49.4 Å². The summed E-state index contributed by atoms with van der Waals surface area (Å²) in [6.07, 6.45) is 0. The van der Waals surface area contributed by atoms with Gasteiger partial charge in [0.25, 0.3) is 0 Å². The van der Waals surface area contributed by atoms with Crippen LogP contribution in [-0.4, -0.2) is 46.1 Å². The summed E-state index contributed by atoms with van der Waals surface area (Å²) >= 11 is 6.33. The summed E-state index contributed by atoms with van der Waals surface area (Å²) in [6.45, 7) is 3.11. The Labute approximate surface area is 233 Å². The molecule has 2 heterocycles. The number of dihydropyridines is 1. The number of allylic oxidation sites excluding steroid dienone is 2. The van der Waals surface area contributed by atoms with E-state index < -0.39 is 21.7 Å². The first kappa shape index (κ1) is 27.0.